The summed E-state index contributed by atoms with van der Waals surface area (Å²) in [4.78, 5) is 27.8. The molecule has 1 amide bonds. The summed E-state index contributed by atoms with van der Waals surface area (Å²) in [6, 6.07) is 0.185. The van der Waals surface area contributed by atoms with E-state index in [2.05, 4.69) is 54.2 Å². The van der Waals surface area contributed by atoms with Gasteiger partial charge in [0.2, 0.25) is 0 Å². The van der Waals surface area contributed by atoms with Gasteiger partial charge in [0.15, 0.2) is 5.78 Å². The number of amides is 1. The van der Waals surface area contributed by atoms with E-state index in [1.165, 1.54) is 5.57 Å². The molecule has 212 valence electrons. The molecule has 0 spiro atoms. The molecule has 5 rings (SSSR count). The number of fused-ring (bicyclic) bond motifs is 7. The van der Waals surface area contributed by atoms with Crippen LogP contribution >= 0.6 is 0 Å². The minimum absolute atomic E-state index is 0.00996. The Balaban J connectivity index is 1.57. The second-order valence-corrected chi connectivity index (χ2v) is 15.9. The standard InChI is InChI=1S/C33H52N2O3/c1-9-18-35(38)27(37)30(5)15-14-29(4)16-17-32(7)21(22(29)20-30)19-23(36)26-31(6)12-11-25(34)28(2,3)24(31)10-13-33(26,32)8/h9,19,22,24-26,38H,1,10-18,20,34H2,2-8H3/t22-,24?,25-,26+,29+,30-,31-,32+,33+/m0/s1. The van der Waals surface area contributed by atoms with Gasteiger partial charge in [0.1, 0.15) is 0 Å². The van der Waals surface area contributed by atoms with Crippen molar-refractivity contribution in [3.05, 3.63) is 24.3 Å². The van der Waals surface area contributed by atoms with Crippen LogP contribution in [0.5, 0.6) is 0 Å². The summed E-state index contributed by atoms with van der Waals surface area (Å²) in [5.41, 5.74) is 7.20. The fourth-order valence-corrected chi connectivity index (χ4v) is 10.9. The van der Waals surface area contributed by atoms with Crippen LogP contribution in [-0.2, 0) is 9.59 Å². The molecule has 9 atom stereocenters. The van der Waals surface area contributed by atoms with Crippen LogP contribution < -0.4 is 5.73 Å². The van der Waals surface area contributed by atoms with E-state index in [-0.39, 0.29) is 57.4 Å². The van der Waals surface area contributed by atoms with Gasteiger partial charge in [-0.2, -0.15) is 0 Å². The minimum Gasteiger partial charge on any atom is -0.327 e. The Morgan fingerprint density at radius 3 is 2.37 bits per heavy atom. The number of rotatable bonds is 3. The Hall–Kier alpha value is -1.46. The molecule has 0 saturated heterocycles. The van der Waals surface area contributed by atoms with E-state index in [0.717, 1.165) is 56.4 Å². The summed E-state index contributed by atoms with van der Waals surface area (Å²) < 4.78 is 0. The maximum absolute atomic E-state index is 14.4. The van der Waals surface area contributed by atoms with Gasteiger partial charge in [0, 0.05) is 17.4 Å². The number of carbonyl (C=O) groups is 2. The zero-order chi connectivity index (χ0) is 28.1. The van der Waals surface area contributed by atoms with Crippen molar-refractivity contribution >= 4 is 11.7 Å². The number of ketones is 1. The van der Waals surface area contributed by atoms with Gasteiger partial charge in [0.05, 0.1) is 6.54 Å². The van der Waals surface area contributed by atoms with Crippen molar-refractivity contribution < 1.29 is 14.8 Å². The van der Waals surface area contributed by atoms with Gasteiger partial charge in [-0.3, -0.25) is 14.8 Å². The van der Waals surface area contributed by atoms with Gasteiger partial charge in [-0.25, -0.2) is 5.06 Å². The first-order chi connectivity index (χ1) is 17.5. The third-order valence-electron chi connectivity index (χ3n) is 13.7. The van der Waals surface area contributed by atoms with Crippen molar-refractivity contribution in [3.63, 3.8) is 0 Å². The van der Waals surface area contributed by atoms with E-state index in [9.17, 15) is 14.8 Å². The van der Waals surface area contributed by atoms with Crippen LogP contribution in [0, 0.1) is 50.2 Å². The number of carbonyl (C=O) groups excluding carboxylic acids is 2. The highest BCUT2D eigenvalue weighted by Crippen LogP contribution is 2.75. The fourth-order valence-electron chi connectivity index (χ4n) is 10.9. The zero-order valence-corrected chi connectivity index (χ0v) is 25.0. The van der Waals surface area contributed by atoms with Crippen molar-refractivity contribution in [3.8, 4) is 0 Å². The average Bonchev–Trinajstić information content (AvgIpc) is 2.84. The second kappa shape index (κ2) is 8.52. The first kappa shape index (κ1) is 28.1. The summed E-state index contributed by atoms with van der Waals surface area (Å²) in [5, 5.41) is 11.3. The highest BCUT2D eigenvalue weighted by Gasteiger charge is 2.70. The number of allylic oxidation sites excluding steroid dienone is 2. The molecule has 0 aromatic rings. The van der Waals surface area contributed by atoms with E-state index >= 15 is 0 Å². The van der Waals surface area contributed by atoms with Crippen molar-refractivity contribution in [2.24, 2.45) is 56.0 Å². The molecule has 1 unspecified atom stereocenters. The molecule has 0 bridgehead atoms. The summed E-state index contributed by atoms with van der Waals surface area (Å²) in [6.07, 6.45) is 12.4. The minimum atomic E-state index is -0.644. The van der Waals surface area contributed by atoms with Crippen LogP contribution in [0.3, 0.4) is 0 Å². The Morgan fingerprint density at radius 1 is 1.05 bits per heavy atom. The van der Waals surface area contributed by atoms with Gasteiger partial charge >= 0.3 is 0 Å². The predicted octanol–water partition coefficient (Wildman–Crippen LogP) is 6.70. The van der Waals surface area contributed by atoms with E-state index in [1.807, 2.05) is 6.92 Å². The third kappa shape index (κ3) is 3.49. The average molecular weight is 525 g/mol. The highest BCUT2D eigenvalue weighted by molar-refractivity contribution is 5.95. The molecule has 5 nitrogen and oxygen atoms in total. The molecule has 5 heteroatoms. The molecule has 3 N–H and O–H groups in total. The normalized spacial score (nSPS) is 49.5. The Bertz CT molecular complexity index is 1080. The van der Waals surface area contributed by atoms with Crippen LogP contribution in [0.2, 0.25) is 0 Å². The van der Waals surface area contributed by atoms with Crippen LogP contribution in [-0.4, -0.2) is 34.5 Å². The molecule has 0 heterocycles. The zero-order valence-electron chi connectivity index (χ0n) is 25.0. The highest BCUT2D eigenvalue weighted by atomic mass is 16.5. The van der Waals surface area contributed by atoms with E-state index in [0.29, 0.717) is 18.1 Å². The number of hydroxylamine groups is 2. The van der Waals surface area contributed by atoms with Crippen LogP contribution in [0.25, 0.3) is 0 Å². The Labute approximate surface area is 230 Å². The first-order valence-corrected chi connectivity index (χ1v) is 15.1. The van der Waals surface area contributed by atoms with Crippen molar-refractivity contribution in [1.82, 2.24) is 5.06 Å². The number of hydrogen-bond acceptors (Lipinski definition) is 4. The van der Waals surface area contributed by atoms with Crippen molar-refractivity contribution in [1.29, 1.82) is 0 Å². The number of nitrogens with two attached hydrogens (primary N) is 1. The molecule has 0 aromatic carbocycles. The van der Waals surface area contributed by atoms with Gasteiger partial charge < -0.3 is 5.73 Å². The molecular formula is C33H52N2O3. The molecule has 38 heavy (non-hydrogen) atoms. The lowest BCUT2D eigenvalue weighted by Gasteiger charge is -2.70. The SMILES string of the molecule is C=CCN(O)C(=O)[C@@]1(C)CC[C@]2(C)CC[C@]3(C)C(=CC(=O)[C@@H]4[C@@]5(C)CC[C@H](N)C(C)(C)C5CC[C@]43C)[C@@H]2C1. The lowest BCUT2D eigenvalue weighted by Crippen LogP contribution is -2.67. The monoisotopic (exact) mass is 524 g/mol. The quantitative estimate of drug-likeness (QED) is 0.244. The molecular weight excluding hydrogens is 472 g/mol. The molecule has 0 radical (unpaired) electrons. The maximum atomic E-state index is 14.4. The number of nitrogens with zero attached hydrogens (tertiary/aromatic N) is 1. The molecule has 4 fully saturated rings. The van der Waals surface area contributed by atoms with Crippen LogP contribution in [0.15, 0.2) is 24.3 Å². The molecule has 5 aliphatic rings. The Morgan fingerprint density at radius 2 is 1.71 bits per heavy atom. The van der Waals surface area contributed by atoms with Crippen molar-refractivity contribution in [2.75, 3.05) is 6.54 Å². The molecule has 5 aliphatic carbocycles. The summed E-state index contributed by atoms with van der Waals surface area (Å²) in [6.45, 7) is 20.2. The van der Waals surface area contributed by atoms with Crippen LogP contribution in [0.1, 0.15) is 106 Å². The summed E-state index contributed by atoms with van der Waals surface area (Å²) >= 11 is 0. The number of hydrogen-bond donors (Lipinski definition) is 2. The lowest BCUT2D eigenvalue weighted by atomic mass is 9.33. The molecule has 4 saturated carbocycles. The largest absolute Gasteiger partial charge is 0.327 e. The molecule has 0 aliphatic heterocycles. The van der Waals surface area contributed by atoms with Gasteiger partial charge in [-0.1, -0.05) is 60.1 Å². The second-order valence-electron chi connectivity index (χ2n) is 15.9. The maximum Gasteiger partial charge on any atom is 0.252 e. The van der Waals surface area contributed by atoms with Crippen molar-refractivity contribution in [2.45, 2.75) is 112 Å². The van der Waals surface area contributed by atoms with Gasteiger partial charge in [-0.15, -0.1) is 6.58 Å². The smallest absolute Gasteiger partial charge is 0.252 e. The topological polar surface area (TPSA) is 83.6 Å². The Kier molecular flexibility index (Phi) is 6.30. The van der Waals surface area contributed by atoms with E-state index < -0.39 is 5.41 Å². The van der Waals surface area contributed by atoms with E-state index in [1.54, 1.807) is 6.08 Å². The molecule has 0 aromatic heterocycles. The van der Waals surface area contributed by atoms with E-state index in [4.69, 9.17) is 5.73 Å². The van der Waals surface area contributed by atoms with Gasteiger partial charge in [-0.05, 0) is 103 Å². The van der Waals surface area contributed by atoms with Crippen LogP contribution in [0.4, 0.5) is 0 Å². The third-order valence-corrected chi connectivity index (χ3v) is 13.7. The fraction of sp³-hybridized carbons (Fsp3) is 0.818. The lowest BCUT2D eigenvalue weighted by molar-refractivity contribution is -0.190. The summed E-state index contributed by atoms with van der Waals surface area (Å²) in [7, 11) is 0. The first-order valence-electron chi connectivity index (χ1n) is 15.1. The summed E-state index contributed by atoms with van der Waals surface area (Å²) in [5.74, 6) is 0.730. The van der Waals surface area contributed by atoms with Gasteiger partial charge in [0.25, 0.3) is 5.91 Å². The predicted molar refractivity (Wildman–Crippen MR) is 151 cm³/mol.